The lowest BCUT2D eigenvalue weighted by atomic mass is 10.2. The van der Waals surface area contributed by atoms with Gasteiger partial charge in [0.25, 0.3) is 5.91 Å². The predicted molar refractivity (Wildman–Crippen MR) is 73.9 cm³/mol. The van der Waals surface area contributed by atoms with Crippen LogP contribution in [0.1, 0.15) is 6.42 Å². The molecule has 1 aliphatic rings. The van der Waals surface area contributed by atoms with Crippen molar-refractivity contribution in [2.24, 2.45) is 0 Å². The third-order valence-electron chi connectivity index (χ3n) is 3.11. The summed E-state index contributed by atoms with van der Waals surface area (Å²) in [5, 5.41) is 3.14. The van der Waals surface area contributed by atoms with E-state index in [-0.39, 0.29) is 18.2 Å². The lowest BCUT2D eigenvalue weighted by Gasteiger charge is -2.16. The molecule has 1 aromatic rings. The molecule has 19 heavy (non-hydrogen) atoms. The van der Waals surface area contributed by atoms with Crippen LogP contribution in [0.5, 0.6) is 0 Å². The second-order valence-electron chi connectivity index (χ2n) is 4.92. The summed E-state index contributed by atoms with van der Waals surface area (Å²) in [6.07, 6.45) is 0.237. The number of carbonyl (C=O) groups is 2. The van der Waals surface area contributed by atoms with Crippen LogP contribution in [0, 0.1) is 0 Å². The fourth-order valence-corrected chi connectivity index (χ4v) is 2.10. The van der Waals surface area contributed by atoms with Crippen molar-refractivity contribution in [2.75, 3.05) is 32.1 Å². The van der Waals surface area contributed by atoms with E-state index >= 15 is 0 Å². The highest BCUT2D eigenvalue weighted by Crippen LogP contribution is 2.22. The Labute approximate surface area is 113 Å². The van der Waals surface area contributed by atoms with E-state index in [0.29, 0.717) is 12.2 Å². The Morgan fingerprint density at radius 2 is 1.95 bits per heavy atom. The van der Waals surface area contributed by atoms with Gasteiger partial charge < -0.3 is 10.2 Å². The van der Waals surface area contributed by atoms with Gasteiger partial charge in [0.15, 0.2) is 0 Å². The number of hydrogen-bond donors (Lipinski definition) is 1. The second-order valence-corrected chi connectivity index (χ2v) is 4.92. The molecule has 0 saturated carbocycles. The molecule has 1 heterocycles. The first-order chi connectivity index (χ1) is 9.09. The smallest absolute Gasteiger partial charge is 0.251 e. The molecule has 1 aliphatic heterocycles. The number of para-hydroxylation sites is 1. The molecule has 0 bridgehead atoms. The first kappa shape index (κ1) is 13.7. The van der Waals surface area contributed by atoms with E-state index < -0.39 is 6.04 Å². The van der Waals surface area contributed by atoms with Gasteiger partial charge >= 0.3 is 0 Å². The van der Waals surface area contributed by atoms with Gasteiger partial charge in [-0.3, -0.25) is 9.59 Å². The third-order valence-corrected chi connectivity index (χ3v) is 3.11. The number of hydrogen-bond acceptors (Lipinski definition) is 4. The van der Waals surface area contributed by atoms with E-state index in [1.807, 2.05) is 37.2 Å². The average molecular weight is 261 g/mol. The van der Waals surface area contributed by atoms with Gasteiger partial charge in [0, 0.05) is 13.1 Å². The number of rotatable bonds is 5. The summed E-state index contributed by atoms with van der Waals surface area (Å²) >= 11 is 0. The Morgan fingerprint density at radius 3 is 2.58 bits per heavy atom. The number of imide groups is 1. The Hall–Kier alpha value is -1.72. The number of nitrogens with one attached hydrogen (secondary N) is 1. The normalized spacial score (nSPS) is 19.5. The molecule has 1 unspecified atom stereocenters. The molecule has 1 aromatic carbocycles. The van der Waals surface area contributed by atoms with Crippen molar-refractivity contribution in [1.82, 2.24) is 10.2 Å². The minimum Gasteiger partial charge on any atom is -0.308 e. The van der Waals surface area contributed by atoms with Gasteiger partial charge in [-0.1, -0.05) is 18.2 Å². The van der Waals surface area contributed by atoms with E-state index in [9.17, 15) is 9.59 Å². The van der Waals surface area contributed by atoms with Gasteiger partial charge in [0.1, 0.15) is 0 Å². The number of likely N-dealkylation sites (N-methyl/N-ethyl adjacent to an activating group) is 1. The maximum atomic E-state index is 12.2. The first-order valence-corrected chi connectivity index (χ1v) is 6.39. The first-order valence-electron chi connectivity index (χ1n) is 6.39. The quantitative estimate of drug-likeness (QED) is 0.783. The van der Waals surface area contributed by atoms with Crippen molar-refractivity contribution in [3.63, 3.8) is 0 Å². The monoisotopic (exact) mass is 261 g/mol. The van der Waals surface area contributed by atoms with Gasteiger partial charge in [-0.25, -0.2) is 4.90 Å². The van der Waals surface area contributed by atoms with Crippen molar-refractivity contribution in [3.05, 3.63) is 30.3 Å². The van der Waals surface area contributed by atoms with Gasteiger partial charge in [-0.05, 0) is 26.2 Å². The molecule has 0 radical (unpaired) electrons. The van der Waals surface area contributed by atoms with Crippen LogP contribution in [0.15, 0.2) is 30.3 Å². The van der Waals surface area contributed by atoms with Crippen molar-refractivity contribution in [2.45, 2.75) is 12.5 Å². The maximum Gasteiger partial charge on any atom is 0.251 e. The fraction of sp³-hybridized carbons (Fsp3) is 0.429. The van der Waals surface area contributed by atoms with E-state index in [1.165, 1.54) is 4.90 Å². The summed E-state index contributed by atoms with van der Waals surface area (Å²) < 4.78 is 0. The summed E-state index contributed by atoms with van der Waals surface area (Å²) in [7, 11) is 3.94. The number of amides is 2. The van der Waals surface area contributed by atoms with E-state index in [4.69, 9.17) is 0 Å². The van der Waals surface area contributed by atoms with Gasteiger partial charge in [0.05, 0.1) is 18.2 Å². The van der Waals surface area contributed by atoms with Crippen LogP contribution >= 0.6 is 0 Å². The molecule has 5 heteroatoms. The van der Waals surface area contributed by atoms with E-state index in [0.717, 1.165) is 6.54 Å². The molecule has 1 saturated heterocycles. The van der Waals surface area contributed by atoms with Crippen LogP contribution in [-0.2, 0) is 9.59 Å². The standard InChI is InChI=1S/C14H19N3O2/c1-16(2)9-8-15-12-10-13(18)17(14(12)19)11-6-4-3-5-7-11/h3-7,12,15H,8-10H2,1-2H3. The molecule has 5 nitrogen and oxygen atoms in total. The zero-order chi connectivity index (χ0) is 13.8. The number of nitrogens with zero attached hydrogens (tertiary/aromatic N) is 2. The SMILES string of the molecule is CN(C)CCNC1CC(=O)N(c2ccccc2)C1=O. The van der Waals surface area contributed by atoms with E-state index in [2.05, 4.69) is 5.32 Å². The van der Waals surface area contributed by atoms with E-state index in [1.54, 1.807) is 12.1 Å². The van der Waals surface area contributed by atoms with Gasteiger partial charge in [-0.15, -0.1) is 0 Å². The van der Waals surface area contributed by atoms with Crippen LogP contribution in [0.25, 0.3) is 0 Å². The highest BCUT2D eigenvalue weighted by molar-refractivity contribution is 6.22. The highest BCUT2D eigenvalue weighted by atomic mass is 16.2. The molecule has 0 aromatic heterocycles. The molecule has 2 rings (SSSR count). The Morgan fingerprint density at radius 1 is 1.26 bits per heavy atom. The molecule has 102 valence electrons. The molecule has 0 spiro atoms. The molecule has 1 N–H and O–H groups in total. The number of anilines is 1. The Balaban J connectivity index is 2.01. The maximum absolute atomic E-state index is 12.2. The van der Waals surface area contributed by atoms with Crippen LogP contribution in [0.3, 0.4) is 0 Å². The summed E-state index contributed by atoms with van der Waals surface area (Å²) in [6, 6.07) is 8.66. The molecular formula is C14H19N3O2. The largest absolute Gasteiger partial charge is 0.308 e. The molecule has 0 aliphatic carbocycles. The second kappa shape index (κ2) is 5.95. The Kier molecular flexibility index (Phi) is 4.29. The number of carbonyl (C=O) groups excluding carboxylic acids is 2. The van der Waals surface area contributed by atoms with Gasteiger partial charge in [-0.2, -0.15) is 0 Å². The predicted octanol–water partition coefficient (Wildman–Crippen LogP) is 0.470. The topological polar surface area (TPSA) is 52.7 Å². The van der Waals surface area contributed by atoms with Crippen molar-refractivity contribution in [3.8, 4) is 0 Å². The highest BCUT2D eigenvalue weighted by Gasteiger charge is 2.38. The van der Waals surface area contributed by atoms with Crippen LogP contribution in [0.4, 0.5) is 5.69 Å². The zero-order valence-corrected chi connectivity index (χ0v) is 11.3. The number of benzene rings is 1. The summed E-state index contributed by atoms with van der Waals surface area (Å²) in [5.41, 5.74) is 0.648. The Bertz CT molecular complexity index is 459. The van der Waals surface area contributed by atoms with Crippen LogP contribution < -0.4 is 10.2 Å². The van der Waals surface area contributed by atoms with Crippen LogP contribution in [-0.4, -0.2) is 49.9 Å². The fourth-order valence-electron chi connectivity index (χ4n) is 2.10. The zero-order valence-electron chi connectivity index (χ0n) is 11.3. The van der Waals surface area contributed by atoms with Crippen LogP contribution in [0.2, 0.25) is 0 Å². The summed E-state index contributed by atoms with van der Waals surface area (Å²) in [5.74, 6) is -0.298. The van der Waals surface area contributed by atoms with Gasteiger partial charge in [0.2, 0.25) is 5.91 Å². The lowest BCUT2D eigenvalue weighted by Crippen LogP contribution is -2.41. The van der Waals surface area contributed by atoms with Crippen molar-refractivity contribution >= 4 is 17.5 Å². The molecule has 1 fully saturated rings. The van der Waals surface area contributed by atoms with Crippen molar-refractivity contribution < 1.29 is 9.59 Å². The minimum atomic E-state index is -0.396. The molecule has 2 amide bonds. The molecular weight excluding hydrogens is 242 g/mol. The average Bonchev–Trinajstić information content (AvgIpc) is 2.65. The third kappa shape index (κ3) is 3.19. The summed E-state index contributed by atoms with van der Waals surface area (Å²) in [6.45, 7) is 1.53. The van der Waals surface area contributed by atoms with Crippen molar-refractivity contribution in [1.29, 1.82) is 0 Å². The lowest BCUT2D eigenvalue weighted by molar-refractivity contribution is -0.121. The summed E-state index contributed by atoms with van der Waals surface area (Å²) in [4.78, 5) is 27.5. The molecule has 1 atom stereocenters. The minimum absolute atomic E-state index is 0.140.